The predicted octanol–water partition coefficient (Wildman–Crippen LogP) is 5.90. The Balaban J connectivity index is 1.61. The lowest BCUT2D eigenvalue weighted by atomic mass is 10.0. The first-order valence-electron chi connectivity index (χ1n) is 17.1. The van der Waals surface area contributed by atoms with E-state index in [0.29, 0.717) is 25.2 Å². The van der Waals surface area contributed by atoms with E-state index in [1.54, 1.807) is 6.92 Å². The Morgan fingerprint density at radius 3 is 2.15 bits per heavy atom. The summed E-state index contributed by atoms with van der Waals surface area (Å²) in [6.07, 6.45) is 18.4. The van der Waals surface area contributed by atoms with E-state index in [1.807, 2.05) is 0 Å². The molecule has 0 amide bonds. The van der Waals surface area contributed by atoms with Gasteiger partial charge in [0.2, 0.25) is 0 Å². The number of hydrogen-bond acceptors (Lipinski definition) is 10. The number of hydrogen-bond donors (Lipinski definition) is 2. The maximum Gasteiger partial charge on any atom is 0.406 e. The van der Waals surface area contributed by atoms with Gasteiger partial charge >= 0.3 is 19.4 Å². The minimum Gasteiger partial charge on any atom is -0.468 e. The van der Waals surface area contributed by atoms with Crippen molar-refractivity contribution in [2.75, 3.05) is 40.1 Å². The van der Waals surface area contributed by atoms with Crippen LogP contribution < -0.4 is 16.3 Å². The van der Waals surface area contributed by atoms with Crippen LogP contribution in [0.1, 0.15) is 122 Å². The summed E-state index contributed by atoms with van der Waals surface area (Å²) >= 11 is 0. The smallest absolute Gasteiger partial charge is 0.406 e. The molecule has 1 aliphatic heterocycles. The van der Waals surface area contributed by atoms with Crippen LogP contribution in [0.2, 0.25) is 0 Å². The zero-order valence-corrected chi connectivity index (χ0v) is 29.3. The number of unbranched alkanes of at least 4 members (excludes halogenated alkanes) is 13. The summed E-state index contributed by atoms with van der Waals surface area (Å²) in [4.78, 5) is 38.0. The summed E-state index contributed by atoms with van der Waals surface area (Å²) in [6.45, 7) is 6.18. The molecule has 0 radical (unpaired) electrons. The third-order valence-corrected chi connectivity index (χ3v) is 9.53. The third kappa shape index (κ3) is 16.3. The molecule has 46 heavy (non-hydrogen) atoms. The van der Waals surface area contributed by atoms with Gasteiger partial charge in [0.15, 0.2) is 12.5 Å². The van der Waals surface area contributed by atoms with Crippen molar-refractivity contribution in [3.63, 3.8) is 0 Å². The Bertz CT molecular complexity index is 1140. The number of aromatic nitrogens is 2. The normalized spacial score (nSPS) is 18.4. The average molecular weight is 676 g/mol. The van der Waals surface area contributed by atoms with E-state index in [0.717, 1.165) is 12.8 Å². The number of carbonyl (C=O) groups is 1. The molecule has 0 aromatic carbocycles. The van der Waals surface area contributed by atoms with Crippen molar-refractivity contribution >= 4 is 13.7 Å². The summed E-state index contributed by atoms with van der Waals surface area (Å²) in [5.41, 5.74) is -0.783. The van der Waals surface area contributed by atoms with Gasteiger partial charge in [-0.2, -0.15) is 0 Å². The summed E-state index contributed by atoms with van der Waals surface area (Å²) in [5.74, 6) is -0.634. The molecule has 0 bridgehead atoms. The fourth-order valence-electron chi connectivity index (χ4n) is 5.06. The van der Waals surface area contributed by atoms with Crippen LogP contribution >= 0.6 is 7.75 Å². The largest absolute Gasteiger partial charge is 0.468 e. The molecule has 1 unspecified atom stereocenters. The van der Waals surface area contributed by atoms with Crippen LogP contribution in [0.15, 0.2) is 15.8 Å². The highest BCUT2D eigenvalue weighted by molar-refractivity contribution is 7.51. The molecule has 2 heterocycles. The molecule has 1 fully saturated rings. The molecular formula is C32H58N3O10P. The van der Waals surface area contributed by atoms with Crippen LogP contribution in [0.4, 0.5) is 0 Å². The minimum atomic E-state index is -3.99. The third-order valence-electron chi connectivity index (χ3n) is 7.81. The topological polar surface area (TPSA) is 156 Å². The van der Waals surface area contributed by atoms with E-state index in [9.17, 15) is 18.9 Å². The van der Waals surface area contributed by atoms with Crippen molar-refractivity contribution in [1.29, 1.82) is 0 Å². The molecule has 0 spiro atoms. The predicted molar refractivity (Wildman–Crippen MR) is 176 cm³/mol. The van der Waals surface area contributed by atoms with Crippen molar-refractivity contribution in [3.05, 3.63) is 32.6 Å². The SMILES string of the molecule is CCCCCCCCCCCCCCCCOCCCOP(=O)(N[C@@H](C)C(=O)OC)OC[C@@H]1OC[C@H](n2cc(C)c(=O)[nH]c2=O)O1. The van der Waals surface area contributed by atoms with Crippen molar-refractivity contribution in [1.82, 2.24) is 14.6 Å². The van der Waals surface area contributed by atoms with Crippen molar-refractivity contribution in [2.24, 2.45) is 0 Å². The minimum absolute atomic E-state index is 0.00716. The second-order valence-electron chi connectivity index (χ2n) is 11.9. The lowest BCUT2D eigenvalue weighted by Gasteiger charge is -2.23. The number of rotatable bonds is 27. The van der Waals surface area contributed by atoms with E-state index in [-0.39, 0.29) is 19.8 Å². The van der Waals surface area contributed by atoms with Crippen LogP contribution in [-0.2, 0) is 37.4 Å². The fourth-order valence-corrected chi connectivity index (χ4v) is 6.55. The van der Waals surface area contributed by atoms with Crippen molar-refractivity contribution in [2.45, 2.75) is 136 Å². The number of H-pyrrole nitrogens is 1. The summed E-state index contributed by atoms with van der Waals surface area (Å²) in [7, 11) is -2.76. The molecule has 0 saturated carbocycles. The zero-order chi connectivity index (χ0) is 33.6. The van der Waals surface area contributed by atoms with Gasteiger partial charge in [-0.15, -0.1) is 0 Å². The van der Waals surface area contributed by atoms with E-state index < -0.39 is 43.5 Å². The standard InChI is InChI=1S/C32H58N3O10P/c1-5-6-7-8-9-10-11-12-13-14-15-16-17-18-20-41-21-19-22-43-46(39,34-27(3)31(37)40-4)44-25-29-42-24-28(45-29)35-23-26(2)30(36)33-32(35)38/h23,27-29H,5-22,24-25H2,1-4H3,(H,34,39)(H,33,36,38)/t27-,28+,29+,46?/m0/s1. The van der Waals surface area contributed by atoms with E-state index >= 15 is 0 Å². The molecular weight excluding hydrogens is 617 g/mol. The van der Waals surface area contributed by atoms with Gasteiger partial charge in [0.25, 0.3) is 5.56 Å². The summed E-state index contributed by atoms with van der Waals surface area (Å²) in [6, 6.07) is -0.965. The van der Waals surface area contributed by atoms with Gasteiger partial charge in [0.05, 0.1) is 20.3 Å². The number of nitrogens with one attached hydrogen (secondary N) is 2. The van der Waals surface area contributed by atoms with E-state index in [4.69, 9.17) is 28.0 Å². The Morgan fingerprint density at radius 1 is 0.957 bits per heavy atom. The fraction of sp³-hybridized carbons (Fsp3) is 0.844. The second-order valence-corrected chi connectivity index (χ2v) is 13.7. The molecule has 1 aromatic heterocycles. The van der Waals surface area contributed by atoms with Gasteiger partial charge in [-0.1, -0.05) is 90.4 Å². The lowest BCUT2D eigenvalue weighted by Crippen LogP contribution is -2.35. The quantitative estimate of drug-likeness (QED) is 0.0651. The van der Waals surface area contributed by atoms with Crippen LogP contribution in [0.3, 0.4) is 0 Å². The molecule has 0 aliphatic carbocycles. The molecule has 4 atom stereocenters. The number of aromatic amines is 1. The zero-order valence-electron chi connectivity index (χ0n) is 28.4. The lowest BCUT2D eigenvalue weighted by molar-refractivity contribution is -0.142. The number of ether oxygens (including phenoxy) is 4. The maximum absolute atomic E-state index is 13.5. The highest BCUT2D eigenvalue weighted by atomic mass is 31.2. The Labute approximate surface area is 274 Å². The first-order chi connectivity index (χ1) is 22.2. The number of carbonyl (C=O) groups excluding carboxylic acids is 1. The first kappa shape index (κ1) is 40.3. The number of esters is 1. The van der Waals surface area contributed by atoms with Gasteiger partial charge in [-0.05, 0) is 26.7 Å². The second kappa shape index (κ2) is 23.5. The summed E-state index contributed by atoms with van der Waals surface area (Å²) < 4.78 is 47.5. The molecule has 1 aromatic rings. The molecule has 13 nitrogen and oxygen atoms in total. The van der Waals surface area contributed by atoms with E-state index in [2.05, 4.69) is 17.0 Å². The number of methoxy groups -OCH3 is 1. The molecule has 1 aliphatic rings. The molecule has 2 N–H and O–H groups in total. The van der Waals surface area contributed by atoms with Gasteiger partial charge in [-0.25, -0.2) is 14.4 Å². The molecule has 266 valence electrons. The van der Waals surface area contributed by atoms with Gasteiger partial charge in [-0.3, -0.25) is 28.2 Å². The van der Waals surface area contributed by atoms with Gasteiger partial charge in [0, 0.05) is 25.0 Å². The molecule has 1 saturated heterocycles. The van der Waals surface area contributed by atoms with Crippen LogP contribution in [0, 0.1) is 6.92 Å². The molecule has 14 heteroatoms. The number of nitrogens with zero attached hydrogens (tertiary/aromatic N) is 1. The van der Waals surface area contributed by atoms with Crippen LogP contribution in [-0.4, -0.2) is 68.0 Å². The van der Waals surface area contributed by atoms with Gasteiger partial charge in [0.1, 0.15) is 12.6 Å². The highest BCUT2D eigenvalue weighted by Crippen LogP contribution is 2.45. The Kier molecular flexibility index (Phi) is 20.6. The monoisotopic (exact) mass is 675 g/mol. The highest BCUT2D eigenvalue weighted by Gasteiger charge is 2.35. The summed E-state index contributed by atoms with van der Waals surface area (Å²) in [5, 5.41) is 2.58. The van der Waals surface area contributed by atoms with Gasteiger partial charge < -0.3 is 18.9 Å². The van der Waals surface area contributed by atoms with Crippen molar-refractivity contribution < 1.29 is 37.4 Å². The maximum atomic E-state index is 13.5. The van der Waals surface area contributed by atoms with E-state index in [1.165, 1.54) is 102 Å². The Morgan fingerprint density at radius 2 is 1.54 bits per heavy atom. The van der Waals surface area contributed by atoms with Crippen molar-refractivity contribution in [3.8, 4) is 0 Å². The Hall–Kier alpha value is -1.86. The average Bonchev–Trinajstić information content (AvgIpc) is 3.51. The molecule has 2 rings (SSSR count). The van der Waals surface area contributed by atoms with Crippen LogP contribution in [0.25, 0.3) is 0 Å². The van der Waals surface area contributed by atoms with Crippen LogP contribution in [0.5, 0.6) is 0 Å². The first-order valence-corrected chi connectivity index (χ1v) is 18.6. The number of aryl methyl sites for hydroxylation is 1.